The molecule has 0 aliphatic carbocycles. The smallest absolute Gasteiger partial charge is 0.0792 e. The quantitative estimate of drug-likeness (QED) is 0.301. The highest BCUT2D eigenvalue weighted by Gasteiger charge is 2.20. The van der Waals surface area contributed by atoms with Gasteiger partial charge in [-0.15, -0.1) is 0 Å². The first kappa shape index (κ1) is 17.1. The predicted molar refractivity (Wildman–Crippen MR) is 123 cm³/mol. The molecule has 0 saturated heterocycles. The molecule has 134 valence electrons. The summed E-state index contributed by atoms with van der Waals surface area (Å²) < 4.78 is 0. The zero-order valence-electron chi connectivity index (χ0n) is 15.7. The summed E-state index contributed by atoms with van der Waals surface area (Å²) >= 11 is 0. The van der Waals surface area contributed by atoms with Crippen molar-refractivity contribution in [3.05, 3.63) is 109 Å². The molecule has 0 amide bonds. The monoisotopic (exact) mass is 377 g/mol. The second-order valence-corrected chi connectivity index (χ2v) is 9.22. The van der Waals surface area contributed by atoms with Crippen LogP contribution in [0, 0.1) is 6.92 Å². The van der Waals surface area contributed by atoms with E-state index in [1.54, 1.807) is 0 Å². The maximum atomic E-state index is 4.94. The van der Waals surface area contributed by atoms with Gasteiger partial charge in [0, 0.05) is 22.3 Å². The van der Waals surface area contributed by atoms with Crippen LogP contribution in [-0.4, -0.2) is 4.98 Å². The highest BCUT2D eigenvalue weighted by Crippen LogP contribution is 2.37. The van der Waals surface area contributed by atoms with E-state index in [2.05, 4.69) is 104 Å². The summed E-state index contributed by atoms with van der Waals surface area (Å²) in [5, 5.41) is 7.74. The Labute approximate surface area is 166 Å². The van der Waals surface area contributed by atoms with E-state index in [1.807, 2.05) is 6.20 Å². The van der Waals surface area contributed by atoms with Gasteiger partial charge < -0.3 is 0 Å². The maximum absolute atomic E-state index is 4.94. The average molecular weight is 377 g/mol. The molecular weight excluding hydrogens is 357 g/mol. The number of fused-ring (bicyclic) bond motifs is 3. The largest absolute Gasteiger partial charge is 0.255 e. The molecule has 0 saturated carbocycles. The third kappa shape index (κ3) is 2.99. The van der Waals surface area contributed by atoms with Crippen molar-refractivity contribution in [2.45, 2.75) is 6.92 Å². The number of pyridine rings is 1. The molecule has 0 radical (unpaired) electrons. The number of aromatic nitrogens is 1. The lowest BCUT2D eigenvalue weighted by Gasteiger charge is -2.21. The minimum absolute atomic E-state index is 0.680. The standard InChI is InChI=1S/C26H20NP/c1-19-16-24-23-15-9-8-10-20(23)18-27-26(24)25(17-19)28(21-11-4-2-5-12-21)22-13-6-3-7-14-22/h2-18H,1H3. The van der Waals surface area contributed by atoms with Crippen LogP contribution in [0.4, 0.5) is 0 Å². The molecule has 5 rings (SSSR count). The molecule has 0 aliphatic rings. The molecule has 0 bridgehead atoms. The zero-order chi connectivity index (χ0) is 18.9. The summed E-state index contributed by atoms with van der Waals surface area (Å²) in [6.07, 6.45) is 2.01. The SMILES string of the molecule is Cc1cc(P(c2ccccc2)c2ccccc2)c2ncc3ccccc3c2c1. The van der Waals surface area contributed by atoms with Crippen LogP contribution in [0.3, 0.4) is 0 Å². The summed E-state index contributed by atoms with van der Waals surface area (Å²) in [5.41, 5.74) is 2.39. The Morgan fingerprint density at radius 2 is 1.25 bits per heavy atom. The van der Waals surface area contributed by atoms with Gasteiger partial charge in [-0.1, -0.05) is 84.9 Å². The maximum Gasteiger partial charge on any atom is 0.0792 e. The lowest BCUT2D eigenvalue weighted by atomic mass is 10.0. The molecule has 0 fully saturated rings. The summed E-state index contributed by atoms with van der Waals surface area (Å²) in [6.45, 7) is 2.19. The van der Waals surface area contributed by atoms with Crippen molar-refractivity contribution in [3.8, 4) is 0 Å². The van der Waals surface area contributed by atoms with E-state index in [0.29, 0.717) is 0 Å². The molecule has 1 nitrogen and oxygen atoms in total. The van der Waals surface area contributed by atoms with Crippen LogP contribution in [-0.2, 0) is 0 Å². The molecule has 2 heteroatoms. The van der Waals surface area contributed by atoms with Gasteiger partial charge in [0.2, 0.25) is 0 Å². The lowest BCUT2D eigenvalue weighted by Crippen LogP contribution is -2.22. The molecule has 0 spiro atoms. The van der Waals surface area contributed by atoms with E-state index in [-0.39, 0.29) is 0 Å². The Hall–Kier alpha value is -3.02. The third-order valence-corrected chi connectivity index (χ3v) is 7.54. The van der Waals surface area contributed by atoms with Crippen LogP contribution in [0.25, 0.3) is 21.7 Å². The fourth-order valence-corrected chi connectivity index (χ4v) is 6.36. The van der Waals surface area contributed by atoms with Crippen LogP contribution in [0.15, 0.2) is 103 Å². The number of rotatable bonds is 3. The average Bonchev–Trinajstić information content (AvgIpc) is 2.75. The van der Waals surface area contributed by atoms with Crippen LogP contribution in [0.5, 0.6) is 0 Å². The second-order valence-electron chi connectivity index (χ2n) is 7.03. The van der Waals surface area contributed by atoms with E-state index < -0.39 is 7.92 Å². The van der Waals surface area contributed by atoms with Gasteiger partial charge in [-0.3, -0.25) is 4.98 Å². The molecule has 28 heavy (non-hydrogen) atoms. The van der Waals surface area contributed by atoms with Crippen LogP contribution in [0.2, 0.25) is 0 Å². The van der Waals surface area contributed by atoms with E-state index in [4.69, 9.17) is 4.98 Å². The van der Waals surface area contributed by atoms with Crippen LogP contribution in [0.1, 0.15) is 5.56 Å². The molecule has 1 aromatic heterocycles. The van der Waals surface area contributed by atoms with Gasteiger partial charge in [0.1, 0.15) is 0 Å². The van der Waals surface area contributed by atoms with Crippen molar-refractivity contribution in [1.29, 1.82) is 0 Å². The van der Waals surface area contributed by atoms with Crippen molar-refractivity contribution >= 4 is 45.5 Å². The molecule has 0 N–H and O–H groups in total. The first-order valence-electron chi connectivity index (χ1n) is 9.49. The summed E-state index contributed by atoms with van der Waals surface area (Å²) in [4.78, 5) is 4.94. The van der Waals surface area contributed by atoms with Gasteiger partial charge in [0.25, 0.3) is 0 Å². The fourth-order valence-electron chi connectivity index (χ4n) is 3.84. The van der Waals surface area contributed by atoms with Crippen LogP contribution >= 0.6 is 7.92 Å². The molecule has 0 aliphatic heterocycles. The molecule has 4 aromatic carbocycles. The van der Waals surface area contributed by atoms with Gasteiger partial charge in [-0.05, 0) is 48.5 Å². The van der Waals surface area contributed by atoms with Gasteiger partial charge in [0.15, 0.2) is 0 Å². The van der Waals surface area contributed by atoms with E-state index in [1.165, 1.54) is 37.6 Å². The van der Waals surface area contributed by atoms with E-state index >= 15 is 0 Å². The minimum atomic E-state index is -0.680. The first-order valence-corrected chi connectivity index (χ1v) is 10.8. The van der Waals surface area contributed by atoms with Crippen molar-refractivity contribution in [1.82, 2.24) is 4.98 Å². The topological polar surface area (TPSA) is 12.9 Å². The highest BCUT2D eigenvalue weighted by atomic mass is 31.1. The molecular formula is C26H20NP. The second kappa shape index (κ2) is 7.19. The predicted octanol–water partition coefficient (Wildman–Crippen LogP) is 5.45. The summed E-state index contributed by atoms with van der Waals surface area (Å²) in [7, 11) is -0.680. The van der Waals surface area contributed by atoms with Gasteiger partial charge >= 0.3 is 0 Å². The van der Waals surface area contributed by atoms with Gasteiger partial charge in [0.05, 0.1) is 5.52 Å². The molecule has 1 heterocycles. The Bertz CT molecular complexity index is 1220. The Balaban J connectivity index is 1.86. The Morgan fingerprint density at radius 1 is 0.643 bits per heavy atom. The summed E-state index contributed by atoms with van der Waals surface area (Å²) in [5.74, 6) is 0. The fraction of sp³-hybridized carbons (Fsp3) is 0.0385. The van der Waals surface area contributed by atoms with Crippen molar-refractivity contribution in [2.75, 3.05) is 0 Å². The Morgan fingerprint density at radius 3 is 1.93 bits per heavy atom. The number of hydrogen-bond acceptors (Lipinski definition) is 1. The minimum Gasteiger partial charge on any atom is -0.255 e. The molecule has 0 unspecified atom stereocenters. The highest BCUT2D eigenvalue weighted by molar-refractivity contribution is 7.80. The van der Waals surface area contributed by atoms with E-state index in [9.17, 15) is 0 Å². The van der Waals surface area contributed by atoms with E-state index in [0.717, 1.165) is 5.52 Å². The normalized spacial score (nSPS) is 11.4. The number of nitrogens with zero attached hydrogens (tertiary/aromatic N) is 1. The summed E-state index contributed by atoms with van der Waals surface area (Å²) in [6, 6.07) is 34.8. The number of benzene rings is 4. The zero-order valence-corrected chi connectivity index (χ0v) is 16.6. The molecule has 5 aromatic rings. The Kier molecular flexibility index (Phi) is 4.39. The lowest BCUT2D eigenvalue weighted by molar-refractivity contribution is 1.44. The van der Waals surface area contributed by atoms with Crippen molar-refractivity contribution < 1.29 is 0 Å². The van der Waals surface area contributed by atoms with Crippen molar-refractivity contribution in [3.63, 3.8) is 0 Å². The van der Waals surface area contributed by atoms with Gasteiger partial charge in [-0.25, -0.2) is 0 Å². The third-order valence-electron chi connectivity index (χ3n) is 5.09. The van der Waals surface area contributed by atoms with Crippen molar-refractivity contribution in [2.24, 2.45) is 0 Å². The molecule has 0 atom stereocenters. The number of hydrogen-bond donors (Lipinski definition) is 0. The van der Waals surface area contributed by atoms with Gasteiger partial charge in [-0.2, -0.15) is 0 Å². The number of aryl methyl sites for hydroxylation is 1. The first-order chi connectivity index (χ1) is 13.8. The van der Waals surface area contributed by atoms with Crippen LogP contribution < -0.4 is 15.9 Å².